The number of amides is 1. The van der Waals surface area contributed by atoms with Gasteiger partial charge in [0.05, 0.1) is 5.56 Å². The molecular formula is C20H18N4O3. The van der Waals surface area contributed by atoms with Gasteiger partial charge in [0.1, 0.15) is 0 Å². The van der Waals surface area contributed by atoms with E-state index in [1.54, 1.807) is 18.2 Å². The van der Waals surface area contributed by atoms with Gasteiger partial charge in [0.25, 0.3) is 5.91 Å². The molecule has 0 saturated heterocycles. The number of ether oxygens (including phenoxy) is 2. The van der Waals surface area contributed by atoms with Crippen LogP contribution in [0.4, 0.5) is 17.3 Å². The molecule has 1 amide bonds. The number of anilines is 3. The molecule has 0 bridgehead atoms. The van der Waals surface area contributed by atoms with Crippen molar-refractivity contribution in [1.82, 2.24) is 9.97 Å². The summed E-state index contributed by atoms with van der Waals surface area (Å²) in [5.41, 5.74) is 4.18. The van der Waals surface area contributed by atoms with Crippen molar-refractivity contribution in [2.45, 2.75) is 13.8 Å². The highest BCUT2D eigenvalue weighted by atomic mass is 16.7. The maximum absolute atomic E-state index is 12.4. The lowest BCUT2D eigenvalue weighted by molar-refractivity contribution is 0.102. The van der Waals surface area contributed by atoms with Crippen LogP contribution in [0, 0.1) is 13.8 Å². The molecule has 0 fully saturated rings. The first kappa shape index (κ1) is 16.8. The smallest absolute Gasteiger partial charge is 0.258 e. The van der Waals surface area contributed by atoms with Gasteiger partial charge < -0.3 is 20.1 Å². The first-order valence-corrected chi connectivity index (χ1v) is 8.45. The summed E-state index contributed by atoms with van der Waals surface area (Å²) in [4.78, 5) is 20.8. The minimum atomic E-state index is -0.299. The van der Waals surface area contributed by atoms with E-state index in [1.807, 2.05) is 26.0 Å². The molecule has 2 aromatic carbocycles. The number of nitrogens with one attached hydrogen (secondary N) is 2. The molecule has 0 saturated carbocycles. The van der Waals surface area contributed by atoms with E-state index in [0.29, 0.717) is 28.7 Å². The standard InChI is InChI=1S/C20H18N4O3/c1-12-5-13(2)7-16(6-12)24-20-21-9-14(10-22-20)19(25)23-15-3-4-17-18(8-15)27-11-26-17/h3-10H,11H2,1-2H3,(H,23,25)(H,21,22,24). The largest absolute Gasteiger partial charge is 0.454 e. The lowest BCUT2D eigenvalue weighted by atomic mass is 10.1. The van der Waals surface area contributed by atoms with Gasteiger partial charge in [0.2, 0.25) is 12.7 Å². The van der Waals surface area contributed by atoms with Crippen LogP contribution >= 0.6 is 0 Å². The van der Waals surface area contributed by atoms with E-state index in [9.17, 15) is 4.79 Å². The number of carbonyl (C=O) groups excluding carboxylic acids is 1. The van der Waals surface area contributed by atoms with Gasteiger partial charge in [-0.1, -0.05) is 6.07 Å². The number of hydrogen-bond donors (Lipinski definition) is 2. The average Bonchev–Trinajstić information content (AvgIpc) is 3.09. The molecule has 27 heavy (non-hydrogen) atoms. The van der Waals surface area contributed by atoms with E-state index < -0.39 is 0 Å². The van der Waals surface area contributed by atoms with Crippen molar-refractivity contribution < 1.29 is 14.3 Å². The molecule has 4 rings (SSSR count). The molecule has 1 aromatic heterocycles. The van der Waals surface area contributed by atoms with Gasteiger partial charge in [-0.15, -0.1) is 0 Å². The molecule has 0 unspecified atom stereocenters. The minimum absolute atomic E-state index is 0.190. The minimum Gasteiger partial charge on any atom is -0.454 e. The molecule has 0 spiro atoms. The van der Waals surface area contributed by atoms with Gasteiger partial charge in [-0.2, -0.15) is 0 Å². The summed E-state index contributed by atoms with van der Waals surface area (Å²) in [6.45, 7) is 4.25. The topological polar surface area (TPSA) is 85.4 Å². The summed E-state index contributed by atoms with van der Waals surface area (Å²) >= 11 is 0. The molecule has 0 aliphatic carbocycles. The van der Waals surface area contributed by atoms with Gasteiger partial charge in [-0.25, -0.2) is 9.97 Å². The number of carbonyl (C=O) groups is 1. The normalized spacial score (nSPS) is 11.9. The van der Waals surface area contributed by atoms with E-state index in [4.69, 9.17) is 9.47 Å². The highest BCUT2D eigenvalue weighted by Gasteiger charge is 2.15. The summed E-state index contributed by atoms with van der Waals surface area (Å²) in [7, 11) is 0. The van der Waals surface area contributed by atoms with Crippen LogP contribution in [0.5, 0.6) is 11.5 Å². The van der Waals surface area contributed by atoms with Crippen molar-refractivity contribution in [3.8, 4) is 11.5 Å². The van der Waals surface area contributed by atoms with Crippen LogP contribution < -0.4 is 20.1 Å². The Kier molecular flexibility index (Phi) is 4.33. The van der Waals surface area contributed by atoms with Gasteiger partial charge in [0, 0.05) is 29.8 Å². The van der Waals surface area contributed by atoms with Crippen LogP contribution in [0.3, 0.4) is 0 Å². The highest BCUT2D eigenvalue weighted by Crippen LogP contribution is 2.34. The Morgan fingerprint density at radius 1 is 0.926 bits per heavy atom. The predicted molar refractivity (Wildman–Crippen MR) is 102 cm³/mol. The zero-order chi connectivity index (χ0) is 18.8. The van der Waals surface area contributed by atoms with Gasteiger partial charge in [-0.05, 0) is 49.2 Å². The molecule has 1 aliphatic rings. The fourth-order valence-corrected chi connectivity index (χ4v) is 2.86. The van der Waals surface area contributed by atoms with Crippen LogP contribution in [0.15, 0.2) is 48.8 Å². The molecule has 136 valence electrons. The molecule has 0 atom stereocenters. The second-order valence-electron chi connectivity index (χ2n) is 6.32. The van der Waals surface area contributed by atoms with Gasteiger partial charge in [-0.3, -0.25) is 4.79 Å². The molecule has 2 heterocycles. The van der Waals surface area contributed by atoms with Crippen molar-refractivity contribution in [3.63, 3.8) is 0 Å². The fraction of sp³-hybridized carbons (Fsp3) is 0.150. The lowest BCUT2D eigenvalue weighted by Gasteiger charge is -2.08. The third kappa shape index (κ3) is 3.82. The monoisotopic (exact) mass is 362 g/mol. The molecule has 7 nitrogen and oxygen atoms in total. The zero-order valence-electron chi connectivity index (χ0n) is 14.9. The Morgan fingerprint density at radius 2 is 1.63 bits per heavy atom. The van der Waals surface area contributed by atoms with Crippen molar-refractivity contribution in [1.29, 1.82) is 0 Å². The molecular weight excluding hydrogens is 344 g/mol. The summed E-state index contributed by atoms with van der Waals surface area (Å²) in [6.07, 6.45) is 2.97. The predicted octanol–water partition coefficient (Wildman–Crippen LogP) is 3.82. The number of aromatic nitrogens is 2. The molecule has 2 N–H and O–H groups in total. The summed E-state index contributed by atoms with van der Waals surface area (Å²) in [5.74, 6) is 1.40. The van der Waals surface area contributed by atoms with E-state index >= 15 is 0 Å². The van der Waals surface area contributed by atoms with Crippen LogP contribution in [0.1, 0.15) is 21.5 Å². The Bertz CT molecular complexity index is 982. The number of nitrogens with zero attached hydrogens (tertiary/aromatic N) is 2. The first-order valence-electron chi connectivity index (χ1n) is 8.45. The quantitative estimate of drug-likeness (QED) is 0.734. The molecule has 1 aliphatic heterocycles. The third-order valence-corrected chi connectivity index (χ3v) is 4.02. The van der Waals surface area contributed by atoms with E-state index in [2.05, 4.69) is 26.7 Å². The second-order valence-corrected chi connectivity index (χ2v) is 6.32. The van der Waals surface area contributed by atoms with E-state index in [1.165, 1.54) is 12.4 Å². The van der Waals surface area contributed by atoms with Crippen LogP contribution in [0.25, 0.3) is 0 Å². The number of fused-ring (bicyclic) bond motifs is 1. The number of benzene rings is 2. The van der Waals surface area contributed by atoms with Crippen molar-refractivity contribution in [2.24, 2.45) is 0 Å². The Morgan fingerprint density at radius 3 is 2.37 bits per heavy atom. The number of hydrogen-bond acceptors (Lipinski definition) is 6. The van der Waals surface area contributed by atoms with Gasteiger partial charge >= 0.3 is 0 Å². The van der Waals surface area contributed by atoms with Crippen LogP contribution in [-0.4, -0.2) is 22.7 Å². The molecule has 3 aromatic rings. The van der Waals surface area contributed by atoms with E-state index in [-0.39, 0.29) is 12.7 Å². The van der Waals surface area contributed by atoms with Crippen molar-refractivity contribution in [3.05, 3.63) is 65.5 Å². The maximum atomic E-state index is 12.4. The summed E-state index contributed by atoms with van der Waals surface area (Å²) in [6, 6.07) is 11.3. The van der Waals surface area contributed by atoms with Crippen molar-refractivity contribution in [2.75, 3.05) is 17.4 Å². The molecule has 0 radical (unpaired) electrons. The average molecular weight is 362 g/mol. The zero-order valence-corrected chi connectivity index (χ0v) is 14.9. The lowest BCUT2D eigenvalue weighted by Crippen LogP contribution is -2.13. The number of rotatable bonds is 4. The maximum Gasteiger partial charge on any atom is 0.258 e. The Hall–Kier alpha value is -3.61. The third-order valence-electron chi connectivity index (χ3n) is 4.02. The molecule has 7 heteroatoms. The first-order chi connectivity index (χ1) is 13.1. The SMILES string of the molecule is Cc1cc(C)cc(Nc2ncc(C(=O)Nc3ccc4c(c3)OCO4)cn2)c1. The number of aryl methyl sites for hydroxylation is 2. The van der Waals surface area contributed by atoms with Crippen molar-refractivity contribution >= 4 is 23.2 Å². The van der Waals surface area contributed by atoms with Gasteiger partial charge in [0.15, 0.2) is 11.5 Å². The fourth-order valence-electron chi connectivity index (χ4n) is 2.86. The van der Waals surface area contributed by atoms with Crippen LogP contribution in [0.2, 0.25) is 0 Å². The van der Waals surface area contributed by atoms with Crippen LogP contribution in [-0.2, 0) is 0 Å². The highest BCUT2D eigenvalue weighted by molar-refractivity contribution is 6.04. The summed E-state index contributed by atoms with van der Waals surface area (Å²) in [5, 5.41) is 5.94. The Labute approximate surface area is 156 Å². The van der Waals surface area contributed by atoms with E-state index in [0.717, 1.165) is 16.8 Å². The summed E-state index contributed by atoms with van der Waals surface area (Å²) < 4.78 is 10.6. The Balaban J connectivity index is 1.44. The second kappa shape index (κ2) is 6.95.